The Morgan fingerprint density at radius 3 is 2.55 bits per heavy atom. The fourth-order valence-corrected chi connectivity index (χ4v) is 6.70. The van der Waals surface area contributed by atoms with Crippen molar-refractivity contribution >= 4 is 18.9 Å². The number of aromatic nitrogens is 2. The van der Waals surface area contributed by atoms with Crippen LogP contribution in [0, 0.1) is 23.2 Å². The van der Waals surface area contributed by atoms with E-state index in [-0.39, 0.29) is 47.0 Å². The summed E-state index contributed by atoms with van der Waals surface area (Å²) in [6, 6.07) is 8.98. The van der Waals surface area contributed by atoms with Crippen LogP contribution >= 0.6 is 0 Å². The van der Waals surface area contributed by atoms with Gasteiger partial charge >= 0.3 is 7.12 Å². The van der Waals surface area contributed by atoms with Gasteiger partial charge in [-0.2, -0.15) is 0 Å². The fraction of sp³-hybridized carbons (Fsp3) is 0.586. The lowest BCUT2D eigenvalue weighted by atomic mass is 9.45. The first-order valence-corrected chi connectivity index (χ1v) is 13.8. The SMILES string of the molecule is CC(C)C[C@H](NC(=O)CC(NC(=O)c1cnccn1)c1ccccc1)B1O[C@H]2C3CC(C[C@]2(C)O1)C3(C)C. The molecule has 0 spiro atoms. The first kappa shape index (κ1) is 26.8. The van der Waals surface area contributed by atoms with Crippen molar-refractivity contribution in [3.05, 3.63) is 60.2 Å². The van der Waals surface area contributed by atoms with Crippen LogP contribution in [0.2, 0.25) is 0 Å². The van der Waals surface area contributed by atoms with Crippen LogP contribution in [0.1, 0.15) is 82.4 Å². The topological polar surface area (TPSA) is 102 Å². The predicted octanol–water partition coefficient (Wildman–Crippen LogP) is 4.14. The van der Waals surface area contributed by atoms with Gasteiger partial charge in [0.15, 0.2) is 0 Å². The zero-order chi connectivity index (χ0) is 27.1. The molecule has 1 aromatic carbocycles. The quantitative estimate of drug-likeness (QED) is 0.484. The minimum atomic E-state index is -0.524. The molecule has 3 saturated carbocycles. The molecule has 4 fully saturated rings. The molecular weight excluding hydrogens is 479 g/mol. The second-order valence-electron chi connectivity index (χ2n) is 12.5. The van der Waals surface area contributed by atoms with E-state index in [1.54, 1.807) is 0 Å². The lowest BCUT2D eigenvalue weighted by Crippen LogP contribution is -2.63. The van der Waals surface area contributed by atoms with Crippen LogP contribution in [-0.4, -0.2) is 46.5 Å². The highest BCUT2D eigenvalue weighted by atomic mass is 16.7. The van der Waals surface area contributed by atoms with Crippen LogP contribution < -0.4 is 10.6 Å². The number of hydrogen-bond donors (Lipinski definition) is 2. The van der Waals surface area contributed by atoms with Gasteiger partial charge in [-0.15, -0.1) is 0 Å². The molecule has 6 atom stereocenters. The van der Waals surface area contributed by atoms with Gasteiger partial charge in [0, 0.05) is 12.4 Å². The van der Waals surface area contributed by atoms with E-state index in [1.165, 1.54) is 25.0 Å². The summed E-state index contributed by atoms with van der Waals surface area (Å²) in [5, 5.41) is 6.18. The first-order chi connectivity index (χ1) is 18.1. The van der Waals surface area contributed by atoms with E-state index in [0.717, 1.165) is 18.4 Å². The summed E-state index contributed by atoms with van der Waals surface area (Å²) >= 11 is 0. The maximum Gasteiger partial charge on any atom is 0.481 e. The summed E-state index contributed by atoms with van der Waals surface area (Å²) in [4.78, 5) is 34.4. The van der Waals surface area contributed by atoms with E-state index < -0.39 is 13.2 Å². The summed E-state index contributed by atoms with van der Waals surface area (Å²) in [6.45, 7) is 11.1. The number of nitrogens with zero attached hydrogens (tertiary/aromatic N) is 2. The monoisotopic (exact) mass is 518 g/mol. The molecule has 38 heavy (non-hydrogen) atoms. The summed E-state index contributed by atoms with van der Waals surface area (Å²) in [7, 11) is -0.490. The van der Waals surface area contributed by atoms with Crippen molar-refractivity contribution in [3.63, 3.8) is 0 Å². The smallest absolute Gasteiger partial charge is 0.404 e. The second-order valence-corrected chi connectivity index (χ2v) is 12.5. The van der Waals surface area contributed by atoms with Crippen LogP contribution in [0.25, 0.3) is 0 Å². The number of rotatable bonds is 9. The molecule has 1 aliphatic heterocycles. The van der Waals surface area contributed by atoms with Crippen LogP contribution in [0.15, 0.2) is 48.9 Å². The molecule has 202 valence electrons. The average molecular weight is 518 g/mol. The van der Waals surface area contributed by atoms with Gasteiger partial charge in [-0.05, 0) is 54.9 Å². The Bertz CT molecular complexity index is 1150. The standard InChI is InChI=1S/C29H39BN4O4/c1-18(2)13-24(30-37-26-21-14-20(28(21,3)4)16-29(26,5)38-30)34-25(35)15-22(19-9-7-6-8-10-19)33-27(36)23-17-31-11-12-32-23/h6-12,17-18,20-22,24,26H,13-16H2,1-5H3,(H,33,36)(H,34,35)/t20?,21?,22?,24-,26-,29-/m0/s1. The molecule has 2 aromatic rings. The predicted molar refractivity (Wildman–Crippen MR) is 145 cm³/mol. The number of hydrogen-bond acceptors (Lipinski definition) is 6. The zero-order valence-electron chi connectivity index (χ0n) is 23.0. The van der Waals surface area contributed by atoms with Gasteiger partial charge in [-0.3, -0.25) is 14.6 Å². The van der Waals surface area contributed by atoms with E-state index in [0.29, 0.717) is 17.8 Å². The van der Waals surface area contributed by atoms with Gasteiger partial charge < -0.3 is 19.9 Å². The van der Waals surface area contributed by atoms with Gasteiger partial charge in [0.1, 0.15) is 5.69 Å². The Labute approximate surface area is 225 Å². The zero-order valence-corrected chi connectivity index (χ0v) is 23.0. The Morgan fingerprint density at radius 2 is 1.89 bits per heavy atom. The molecule has 0 radical (unpaired) electrons. The second kappa shape index (κ2) is 10.4. The van der Waals surface area contributed by atoms with Crippen LogP contribution in [0.5, 0.6) is 0 Å². The normalized spacial score (nSPS) is 28.7. The number of benzene rings is 1. The molecule has 2 N–H and O–H groups in total. The van der Waals surface area contributed by atoms with Gasteiger partial charge in [0.25, 0.3) is 5.91 Å². The highest BCUT2D eigenvalue weighted by Gasteiger charge is 2.67. The number of nitrogens with one attached hydrogen (secondary N) is 2. The molecule has 9 heteroatoms. The molecule has 1 aromatic heterocycles. The molecule has 2 bridgehead atoms. The Morgan fingerprint density at radius 1 is 1.13 bits per heavy atom. The minimum absolute atomic E-state index is 0.0439. The summed E-state index contributed by atoms with van der Waals surface area (Å²) in [5.41, 5.74) is 1.000. The molecule has 3 aliphatic carbocycles. The van der Waals surface area contributed by atoms with Crippen molar-refractivity contribution in [2.75, 3.05) is 0 Å². The molecule has 2 amide bonds. The molecule has 6 rings (SSSR count). The highest BCUT2D eigenvalue weighted by Crippen LogP contribution is 2.64. The van der Waals surface area contributed by atoms with Crippen LogP contribution in [-0.2, 0) is 14.1 Å². The summed E-state index contributed by atoms with van der Waals surface area (Å²) < 4.78 is 13.2. The lowest BCUT2D eigenvalue weighted by Gasteiger charge is -2.63. The van der Waals surface area contributed by atoms with Gasteiger partial charge in [0.2, 0.25) is 5.91 Å². The third-order valence-corrected chi connectivity index (χ3v) is 8.92. The van der Waals surface area contributed by atoms with Crippen LogP contribution in [0.4, 0.5) is 0 Å². The molecule has 1 saturated heterocycles. The third-order valence-electron chi connectivity index (χ3n) is 8.92. The van der Waals surface area contributed by atoms with Crippen molar-refractivity contribution in [2.45, 2.75) is 84.0 Å². The number of carbonyl (C=O) groups excluding carboxylic acids is 2. The van der Waals surface area contributed by atoms with Crippen molar-refractivity contribution in [3.8, 4) is 0 Å². The van der Waals surface area contributed by atoms with Crippen LogP contribution in [0.3, 0.4) is 0 Å². The summed E-state index contributed by atoms with van der Waals surface area (Å²) in [6.07, 6.45) is 7.44. The molecule has 3 unspecified atom stereocenters. The average Bonchev–Trinajstić information content (AvgIpc) is 3.26. The third kappa shape index (κ3) is 5.23. The fourth-order valence-electron chi connectivity index (χ4n) is 6.70. The largest absolute Gasteiger partial charge is 0.481 e. The first-order valence-electron chi connectivity index (χ1n) is 13.8. The van der Waals surface area contributed by atoms with E-state index in [1.807, 2.05) is 30.3 Å². The Kier molecular flexibility index (Phi) is 7.35. The molecule has 8 nitrogen and oxygen atoms in total. The van der Waals surface area contributed by atoms with Gasteiger partial charge in [0.05, 0.1) is 36.3 Å². The van der Waals surface area contributed by atoms with E-state index >= 15 is 0 Å². The number of carbonyl (C=O) groups is 2. The molecule has 4 aliphatic rings. The Balaban J connectivity index is 1.29. The van der Waals surface area contributed by atoms with Crippen molar-refractivity contribution in [2.24, 2.45) is 23.2 Å². The molecule has 2 heterocycles. The highest BCUT2D eigenvalue weighted by molar-refractivity contribution is 6.47. The van der Waals surface area contributed by atoms with Gasteiger partial charge in [-0.25, -0.2) is 4.98 Å². The molecular formula is C29H39BN4O4. The lowest BCUT2D eigenvalue weighted by molar-refractivity contribution is -0.185. The van der Waals surface area contributed by atoms with Crippen molar-refractivity contribution < 1.29 is 18.9 Å². The number of amides is 2. The van der Waals surface area contributed by atoms with Gasteiger partial charge in [-0.1, -0.05) is 58.0 Å². The van der Waals surface area contributed by atoms with E-state index in [4.69, 9.17) is 9.31 Å². The summed E-state index contributed by atoms with van der Waals surface area (Å²) in [5.74, 6) is 0.649. The van der Waals surface area contributed by atoms with E-state index in [9.17, 15) is 9.59 Å². The maximum absolute atomic E-state index is 13.5. The minimum Gasteiger partial charge on any atom is -0.404 e. The van der Waals surface area contributed by atoms with Crippen molar-refractivity contribution in [1.29, 1.82) is 0 Å². The van der Waals surface area contributed by atoms with E-state index in [2.05, 4.69) is 55.2 Å². The Hall–Kier alpha value is -2.78. The maximum atomic E-state index is 13.5. The van der Waals surface area contributed by atoms with Crippen molar-refractivity contribution in [1.82, 2.24) is 20.6 Å².